The van der Waals surface area contributed by atoms with Crippen molar-refractivity contribution in [2.45, 2.75) is 20.3 Å². The van der Waals surface area contributed by atoms with Crippen LogP contribution >= 0.6 is 7.82 Å². The van der Waals surface area contributed by atoms with Crippen LogP contribution in [0.5, 0.6) is 0 Å². The predicted molar refractivity (Wildman–Crippen MR) is 44.9 cm³/mol. The minimum Gasteiger partial charge on any atom is -0.287 e. The molecule has 0 aliphatic carbocycles. The summed E-state index contributed by atoms with van der Waals surface area (Å²) < 4.78 is 26.1. The first-order valence-corrected chi connectivity index (χ1v) is 5.66. The SMILES string of the molecule is CCC(C)COP1(=O)OCCO1. The van der Waals surface area contributed by atoms with Crippen LogP contribution in [-0.4, -0.2) is 19.8 Å². The average molecular weight is 194 g/mol. The highest BCUT2D eigenvalue weighted by molar-refractivity contribution is 7.48. The molecule has 1 heterocycles. The van der Waals surface area contributed by atoms with Crippen molar-refractivity contribution in [2.75, 3.05) is 19.8 Å². The molecule has 0 aromatic carbocycles. The topological polar surface area (TPSA) is 44.8 Å². The molecule has 0 N–H and O–H groups in total. The zero-order chi connectivity index (χ0) is 9.03. The van der Waals surface area contributed by atoms with Crippen molar-refractivity contribution >= 4 is 7.82 Å². The van der Waals surface area contributed by atoms with Crippen molar-refractivity contribution < 1.29 is 18.1 Å². The fraction of sp³-hybridized carbons (Fsp3) is 1.00. The van der Waals surface area contributed by atoms with Crippen molar-refractivity contribution in [1.82, 2.24) is 0 Å². The first-order valence-electron chi connectivity index (χ1n) is 4.20. The Kier molecular flexibility index (Phi) is 3.72. The number of hydrogen-bond donors (Lipinski definition) is 0. The zero-order valence-corrected chi connectivity index (χ0v) is 8.38. The van der Waals surface area contributed by atoms with Gasteiger partial charge >= 0.3 is 7.82 Å². The molecule has 0 aromatic rings. The predicted octanol–water partition coefficient (Wildman–Crippen LogP) is 2.20. The van der Waals surface area contributed by atoms with E-state index in [-0.39, 0.29) is 0 Å². The van der Waals surface area contributed by atoms with Crippen LogP contribution in [0.15, 0.2) is 0 Å². The normalized spacial score (nSPS) is 24.2. The van der Waals surface area contributed by atoms with Gasteiger partial charge in [-0.1, -0.05) is 20.3 Å². The Morgan fingerprint density at radius 2 is 2.08 bits per heavy atom. The Balaban J connectivity index is 2.26. The van der Waals surface area contributed by atoms with Gasteiger partial charge in [-0.2, -0.15) is 0 Å². The molecular formula is C7H15O4P. The maximum atomic E-state index is 11.4. The van der Waals surface area contributed by atoms with Crippen LogP contribution in [0.1, 0.15) is 20.3 Å². The highest BCUT2D eigenvalue weighted by atomic mass is 31.2. The van der Waals surface area contributed by atoms with Gasteiger partial charge in [0.25, 0.3) is 0 Å². The molecule has 0 saturated carbocycles. The number of rotatable bonds is 4. The number of phosphoric ester groups is 1. The molecular weight excluding hydrogens is 179 g/mol. The molecule has 12 heavy (non-hydrogen) atoms. The Morgan fingerprint density at radius 1 is 1.50 bits per heavy atom. The summed E-state index contributed by atoms with van der Waals surface area (Å²) in [6.45, 7) is 5.27. The molecule has 0 bridgehead atoms. The van der Waals surface area contributed by atoms with Gasteiger partial charge in [0.05, 0.1) is 19.8 Å². The summed E-state index contributed by atoms with van der Waals surface area (Å²) >= 11 is 0. The molecule has 1 unspecified atom stereocenters. The van der Waals surface area contributed by atoms with Crippen LogP contribution in [0, 0.1) is 5.92 Å². The molecule has 4 nitrogen and oxygen atoms in total. The first kappa shape index (κ1) is 10.2. The number of phosphoric acid groups is 1. The highest BCUT2D eigenvalue weighted by Crippen LogP contribution is 2.52. The maximum Gasteiger partial charge on any atom is 0.474 e. The monoisotopic (exact) mass is 194 g/mol. The van der Waals surface area contributed by atoms with E-state index in [0.29, 0.717) is 25.7 Å². The lowest BCUT2D eigenvalue weighted by Gasteiger charge is -2.12. The molecule has 1 saturated heterocycles. The van der Waals surface area contributed by atoms with Crippen LogP contribution < -0.4 is 0 Å². The second kappa shape index (κ2) is 4.38. The zero-order valence-electron chi connectivity index (χ0n) is 7.49. The van der Waals surface area contributed by atoms with E-state index in [1.165, 1.54) is 0 Å². The summed E-state index contributed by atoms with van der Waals surface area (Å²) in [5, 5.41) is 0. The fourth-order valence-electron chi connectivity index (χ4n) is 0.746. The minimum absolute atomic E-state index is 0.373. The van der Waals surface area contributed by atoms with Gasteiger partial charge in [0.1, 0.15) is 0 Å². The van der Waals surface area contributed by atoms with Gasteiger partial charge in [0, 0.05) is 0 Å². The van der Waals surface area contributed by atoms with E-state index in [2.05, 4.69) is 6.92 Å². The highest BCUT2D eigenvalue weighted by Gasteiger charge is 2.32. The van der Waals surface area contributed by atoms with Gasteiger partial charge in [-0.05, 0) is 5.92 Å². The summed E-state index contributed by atoms with van der Waals surface area (Å²) in [4.78, 5) is 0. The molecule has 0 radical (unpaired) electrons. The Labute approximate surface area is 72.8 Å². The third-order valence-electron chi connectivity index (χ3n) is 1.80. The van der Waals surface area contributed by atoms with Crippen LogP contribution in [0.2, 0.25) is 0 Å². The van der Waals surface area contributed by atoms with Gasteiger partial charge in [-0.3, -0.25) is 13.6 Å². The largest absolute Gasteiger partial charge is 0.474 e. The summed E-state index contributed by atoms with van der Waals surface area (Å²) in [7, 11) is -3.14. The van der Waals surface area contributed by atoms with Gasteiger partial charge < -0.3 is 0 Å². The van der Waals surface area contributed by atoms with Crippen molar-refractivity contribution in [3.63, 3.8) is 0 Å². The molecule has 1 rings (SSSR count). The lowest BCUT2D eigenvalue weighted by atomic mass is 10.1. The summed E-state index contributed by atoms with van der Waals surface area (Å²) in [5.41, 5.74) is 0. The standard InChI is InChI=1S/C7H15O4P/c1-3-7(2)6-11-12(8)9-4-5-10-12/h7H,3-6H2,1-2H3. The Hall–Kier alpha value is 0.110. The summed E-state index contributed by atoms with van der Waals surface area (Å²) in [6, 6.07) is 0. The second-order valence-electron chi connectivity index (χ2n) is 2.92. The van der Waals surface area contributed by atoms with Crippen molar-refractivity contribution in [2.24, 2.45) is 5.92 Å². The minimum atomic E-state index is -3.14. The summed E-state index contributed by atoms with van der Waals surface area (Å²) in [6.07, 6.45) is 1.00. The third-order valence-corrected chi connectivity index (χ3v) is 3.26. The molecule has 5 heteroatoms. The number of hydrogen-bond acceptors (Lipinski definition) is 4. The third kappa shape index (κ3) is 2.87. The van der Waals surface area contributed by atoms with Crippen molar-refractivity contribution in [1.29, 1.82) is 0 Å². The maximum absolute atomic E-state index is 11.4. The molecule has 1 atom stereocenters. The lowest BCUT2D eigenvalue weighted by molar-refractivity contribution is 0.166. The average Bonchev–Trinajstić information content (AvgIpc) is 2.49. The van der Waals surface area contributed by atoms with Crippen LogP contribution in [0.25, 0.3) is 0 Å². The molecule has 1 fully saturated rings. The Bertz CT molecular complexity index is 172. The second-order valence-corrected chi connectivity index (χ2v) is 4.59. The van der Waals surface area contributed by atoms with Crippen LogP contribution in [-0.2, 0) is 18.1 Å². The molecule has 72 valence electrons. The van der Waals surface area contributed by atoms with E-state index in [4.69, 9.17) is 13.6 Å². The summed E-state index contributed by atoms with van der Waals surface area (Å²) in [5.74, 6) is 0.392. The lowest BCUT2D eigenvalue weighted by Crippen LogP contribution is -2.03. The van der Waals surface area contributed by atoms with Gasteiger partial charge in [0.2, 0.25) is 0 Å². The van der Waals surface area contributed by atoms with Crippen LogP contribution in [0.3, 0.4) is 0 Å². The van der Waals surface area contributed by atoms with Gasteiger partial charge in [-0.25, -0.2) is 4.57 Å². The fourth-order valence-corrected chi connectivity index (χ4v) is 2.00. The van der Waals surface area contributed by atoms with E-state index in [9.17, 15) is 4.57 Å². The van der Waals surface area contributed by atoms with Gasteiger partial charge in [-0.15, -0.1) is 0 Å². The van der Waals surface area contributed by atoms with E-state index in [0.717, 1.165) is 6.42 Å². The van der Waals surface area contributed by atoms with E-state index in [1.807, 2.05) is 6.92 Å². The van der Waals surface area contributed by atoms with E-state index >= 15 is 0 Å². The van der Waals surface area contributed by atoms with Gasteiger partial charge in [0.15, 0.2) is 0 Å². The van der Waals surface area contributed by atoms with E-state index in [1.54, 1.807) is 0 Å². The van der Waals surface area contributed by atoms with Crippen molar-refractivity contribution in [3.8, 4) is 0 Å². The Morgan fingerprint density at radius 3 is 2.58 bits per heavy atom. The molecule has 0 spiro atoms. The smallest absolute Gasteiger partial charge is 0.287 e. The molecule has 1 aliphatic rings. The molecule has 1 aliphatic heterocycles. The first-order chi connectivity index (χ1) is 5.66. The molecule has 0 aromatic heterocycles. The van der Waals surface area contributed by atoms with Crippen molar-refractivity contribution in [3.05, 3.63) is 0 Å². The molecule has 0 amide bonds. The van der Waals surface area contributed by atoms with Crippen LogP contribution in [0.4, 0.5) is 0 Å². The quantitative estimate of drug-likeness (QED) is 0.643. The van der Waals surface area contributed by atoms with E-state index < -0.39 is 7.82 Å².